The molecular weight excluding hydrogens is 336 g/mol. The number of imidazole rings is 1. The Hall–Kier alpha value is -2.16. The molecule has 0 unspecified atom stereocenters. The van der Waals surface area contributed by atoms with E-state index in [1.54, 1.807) is 4.90 Å². The largest absolute Gasteiger partial charge is 0.394 e. The average molecular weight is 360 g/mol. The minimum Gasteiger partial charge on any atom is -0.394 e. The number of amides is 1. The molecule has 8 nitrogen and oxygen atoms in total. The lowest BCUT2D eigenvalue weighted by atomic mass is 10.1. The molecule has 2 aliphatic heterocycles. The molecule has 2 aliphatic rings. The van der Waals surface area contributed by atoms with E-state index >= 15 is 0 Å². The van der Waals surface area contributed by atoms with Gasteiger partial charge in [-0.3, -0.25) is 4.79 Å². The number of nitrogens with zero attached hydrogens (tertiary/aromatic N) is 4. The SMILES string of the molecule is Cn1c(N2CCOCC2)nc2cc(C(=O)N3CCOC[C@@H]3CO)ccc21. The summed E-state index contributed by atoms with van der Waals surface area (Å²) in [5.74, 6) is 0.806. The van der Waals surface area contributed by atoms with Crippen LogP contribution in [0.15, 0.2) is 18.2 Å². The van der Waals surface area contributed by atoms with Crippen molar-refractivity contribution in [1.29, 1.82) is 0 Å². The van der Waals surface area contributed by atoms with Crippen molar-refractivity contribution < 1.29 is 19.4 Å². The predicted octanol–water partition coefficient (Wildman–Crippen LogP) is 0.243. The Kier molecular flexibility index (Phi) is 4.80. The number of ether oxygens (including phenoxy) is 2. The van der Waals surface area contributed by atoms with Crippen LogP contribution in [0.3, 0.4) is 0 Å². The minimum atomic E-state index is -0.292. The molecule has 8 heteroatoms. The van der Waals surface area contributed by atoms with Crippen LogP contribution in [0, 0.1) is 0 Å². The Morgan fingerprint density at radius 1 is 1.23 bits per heavy atom. The summed E-state index contributed by atoms with van der Waals surface area (Å²) in [6, 6.07) is 5.32. The number of hydrogen-bond acceptors (Lipinski definition) is 6. The third-order valence-electron chi connectivity index (χ3n) is 5.10. The maximum Gasteiger partial charge on any atom is 0.254 e. The van der Waals surface area contributed by atoms with Crippen LogP contribution in [-0.2, 0) is 16.5 Å². The van der Waals surface area contributed by atoms with E-state index in [4.69, 9.17) is 14.5 Å². The lowest BCUT2D eigenvalue weighted by Crippen LogP contribution is -2.50. The fraction of sp³-hybridized carbons (Fsp3) is 0.556. The van der Waals surface area contributed by atoms with Crippen LogP contribution >= 0.6 is 0 Å². The smallest absolute Gasteiger partial charge is 0.254 e. The van der Waals surface area contributed by atoms with Gasteiger partial charge in [0, 0.05) is 32.2 Å². The molecule has 2 fully saturated rings. The molecule has 2 saturated heterocycles. The molecule has 0 radical (unpaired) electrons. The van der Waals surface area contributed by atoms with Crippen molar-refractivity contribution in [2.45, 2.75) is 6.04 Å². The van der Waals surface area contributed by atoms with Crippen LogP contribution in [0.25, 0.3) is 11.0 Å². The van der Waals surface area contributed by atoms with Crippen molar-refractivity contribution >= 4 is 22.9 Å². The quantitative estimate of drug-likeness (QED) is 0.845. The summed E-state index contributed by atoms with van der Waals surface area (Å²) in [6.07, 6.45) is 0. The topological polar surface area (TPSA) is 80.1 Å². The van der Waals surface area contributed by atoms with Crippen molar-refractivity contribution in [3.8, 4) is 0 Å². The monoisotopic (exact) mass is 360 g/mol. The predicted molar refractivity (Wildman–Crippen MR) is 96.5 cm³/mol. The maximum atomic E-state index is 12.9. The van der Waals surface area contributed by atoms with Gasteiger partial charge in [0.25, 0.3) is 5.91 Å². The molecule has 1 N–H and O–H groups in total. The second kappa shape index (κ2) is 7.22. The number of aryl methyl sites for hydroxylation is 1. The number of aliphatic hydroxyl groups excluding tert-OH is 1. The van der Waals surface area contributed by atoms with Gasteiger partial charge in [-0.05, 0) is 18.2 Å². The van der Waals surface area contributed by atoms with Gasteiger partial charge in [-0.15, -0.1) is 0 Å². The van der Waals surface area contributed by atoms with Crippen molar-refractivity contribution in [1.82, 2.24) is 14.5 Å². The van der Waals surface area contributed by atoms with Crippen molar-refractivity contribution in [2.75, 3.05) is 57.6 Å². The molecule has 140 valence electrons. The highest BCUT2D eigenvalue weighted by atomic mass is 16.5. The number of carbonyl (C=O) groups is 1. The number of aromatic nitrogens is 2. The molecule has 0 spiro atoms. The van der Waals surface area contributed by atoms with Gasteiger partial charge in [0.1, 0.15) is 0 Å². The van der Waals surface area contributed by atoms with Gasteiger partial charge in [0.2, 0.25) is 5.95 Å². The van der Waals surface area contributed by atoms with E-state index in [1.807, 2.05) is 25.2 Å². The molecule has 0 saturated carbocycles. The van der Waals surface area contributed by atoms with Crippen LogP contribution in [0.5, 0.6) is 0 Å². The van der Waals surface area contributed by atoms with Gasteiger partial charge < -0.3 is 28.9 Å². The number of hydrogen-bond donors (Lipinski definition) is 1. The molecular formula is C18H24N4O4. The molecule has 26 heavy (non-hydrogen) atoms. The minimum absolute atomic E-state index is 0.0900. The summed E-state index contributed by atoms with van der Waals surface area (Å²) in [7, 11) is 1.99. The van der Waals surface area contributed by atoms with Crippen LogP contribution < -0.4 is 4.90 Å². The van der Waals surface area contributed by atoms with E-state index in [-0.39, 0.29) is 18.6 Å². The average Bonchev–Trinajstić information content (AvgIpc) is 3.04. The second-order valence-corrected chi connectivity index (χ2v) is 6.68. The van der Waals surface area contributed by atoms with E-state index in [9.17, 15) is 9.90 Å². The van der Waals surface area contributed by atoms with Crippen LogP contribution in [0.1, 0.15) is 10.4 Å². The molecule has 1 aromatic carbocycles. The van der Waals surface area contributed by atoms with Gasteiger partial charge >= 0.3 is 0 Å². The summed E-state index contributed by atoms with van der Waals surface area (Å²) < 4.78 is 12.8. The molecule has 4 rings (SSSR count). The van der Waals surface area contributed by atoms with Gasteiger partial charge in [-0.2, -0.15) is 0 Å². The van der Waals surface area contributed by atoms with E-state index in [0.717, 1.165) is 30.1 Å². The van der Waals surface area contributed by atoms with E-state index in [1.165, 1.54) is 0 Å². The van der Waals surface area contributed by atoms with E-state index in [0.29, 0.717) is 38.5 Å². The summed E-state index contributed by atoms with van der Waals surface area (Å²) in [4.78, 5) is 21.5. The first-order valence-corrected chi connectivity index (χ1v) is 8.98. The first kappa shape index (κ1) is 17.3. The fourth-order valence-corrected chi connectivity index (χ4v) is 3.61. The normalized spacial score (nSPS) is 21.4. The molecule has 1 aromatic heterocycles. The Bertz CT molecular complexity index is 800. The number of benzene rings is 1. The van der Waals surface area contributed by atoms with Crippen LogP contribution in [0.4, 0.5) is 5.95 Å². The molecule has 1 amide bonds. The number of aliphatic hydroxyl groups is 1. The van der Waals surface area contributed by atoms with Crippen LogP contribution in [0.2, 0.25) is 0 Å². The van der Waals surface area contributed by atoms with Gasteiger partial charge in [-0.1, -0.05) is 0 Å². The molecule has 2 aromatic rings. The second-order valence-electron chi connectivity index (χ2n) is 6.68. The first-order chi connectivity index (χ1) is 12.7. The zero-order valence-corrected chi connectivity index (χ0v) is 14.9. The Morgan fingerprint density at radius 3 is 2.77 bits per heavy atom. The summed E-state index contributed by atoms with van der Waals surface area (Å²) in [5.41, 5.74) is 2.38. The van der Waals surface area contributed by atoms with Crippen LogP contribution in [-0.4, -0.2) is 84.2 Å². The lowest BCUT2D eigenvalue weighted by Gasteiger charge is -2.34. The Labute approximate surface area is 151 Å². The van der Waals surface area contributed by atoms with E-state index in [2.05, 4.69) is 9.47 Å². The third kappa shape index (κ3) is 3.04. The number of rotatable bonds is 3. The van der Waals surface area contributed by atoms with Crippen molar-refractivity contribution in [2.24, 2.45) is 7.05 Å². The standard InChI is InChI=1S/C18H24N4O4/c1-20-16-3-2-13(17(24)22-6-9-26-12-14(22)11-23)10-15(16)19-18(20)21-4-7-25-8-5-21/h2-3,10,14,23H,4-9,11-12H2,1H3/t14-/m0/s1. The van der Waals surface area contributed by atoms with Crippen molar-refractivity contribution in [3.05, 3.63) is 23.8 Å². The Morgan fingerprint density at radius 2 is 2.00 bits per heavy atom. The Balaban J connectivity index is 1.63. The number of morpholine rings is 2. The summed E-state index contributed by atoms with van der Waals surface area (Å²) in [6.45, 7) is 4.29. The van der Waals surface area contributed by atoms with Gasteiger partial charge in [-0.25, -0.2) is 4.98 Å². The highest BCUT2D eigenvalue weighted by molar-refractivity contribution is 5.98. The van der Waals surface area contributed by atoms with Crippen molar-refractivity contribution in [3.63, 3.8) is 0 Å². The maximum absolute atomic E-state index is 12.9. The first-order valence-electron chi connectivity index (χ1n) is 8.98. The summed E-state index contributed by atoms with van der Waals surface area (Å²) >= 11 is 0. The fourth-order valence-electron chi connectivity index (χ4n) is 3.61. The molecule has 1 atom stereocenters. The molecule has 0 bridgehead atoms. The molecule has 0 aliphatic carbocycles. The zero-order valence-electron chi connectivity index (χ0n) is 14.9. The third-order valence-corrected chi connectivity index (χ3v) is 5.10. The molecule has 3 heterocycles. The van der Waals surface area contributed by atoms with Gasteiger partial charge in [0.15, 0.2) is 0 Å². The highest BCUT2D eigenvalue weighted by Crippen LogP contribution is 2.24. The number of anilines is 1. The number of carbonyl (C=O) groups excluding carboxylic acids is 1. The van der Waals surface area contributed by atoms with Gasteiger partial charge in [0.05, 0.1) is 50.1 Å². The highest BCUT2D eigenvalue weighted by Gasteiger charge is 2.28. The lowest BCUT2D eigenvalue weighted by molar-refractivity contribution is -0.0183. The van der Waals surface area contributed by atoms with E-state index < -0.39 is 0 Å². The summed E-state index contributed by atoms with van der Waals surface area (Å²) in [5, 5.41) is 9.51. The number of fused-ring (bicyclic) bond motifs is 1. The zero-order chi connectivity index (χ0) is 18.1.